The third-order valence-corrected chi connectivity index (χ3v) is 1.31. The first-order valence-corrected chi connectivity index (χ1v) is 3.92. The molecule has 0 atom stereocenters. The van der Waals surface area contributed by atoms with Crippen LogP contribution in [0.3, 0.4) is 0 Å². The highest BCUT2D eigenvalue weighted by atomic mass is 14.9. The average Bonchev–Trinajstić information content (AvgIpc) is 2.16. The van der Waals surface area contributed by atoms with Gasteiger partial charge in [-0.15, -0.1) is 0 Å². The summed E-state index contributed by atoms with van der Waals surface area (Å²) in [5.74, 6) is 1.04. The lowest BCUT2D eigenvalue weighted by atomic mass is 10.4. The molecule has 0 unspecified atom stereocenters. The molecule has 0 bridgehead atoms. The first-order chi connectivity index (χ1) is 6.33. The van der Waals surface area contributed by atoms with Crippen LogP contribution in [0.1, 0.15) is 0 Å². The second-order valence-electron chi connectivity index (χ2n) is 2.35. The molecule has 0 radical (unpaired) electrons. The molecule has 0 amide bonds. The highest BCUT2D eigenvalue weighted by Gasteiger charge is 1.88. The van der Waals surface area contributed by atoms with Gasteiger partial charge >= 0.3 is 0 Å². The Kier molecular flexibility index (Phi) is 3.50. The van der Waals surface area contributed by atoms with E-state index in [1.165, 1.54) is 0 Å². The Morgan fingerprint density at radius 1 is 1.62 bits per heavy atom. The minimum atomic E-state index is 0.424. The van der Waals surface area contributed by atoms with Gasteiger partial charge in [0.25, 0.3) is 0 Å². The highest BCUT2D eigenvalue weighted by molar-refractivity contribution is 5.92. The summed E-state index contributed by atoms with van der Waals surface area (Å²) in [5.41, 5.74) is 5.57. The SMILES string of the molecule is CNC=CC(N)=Nc1ccccn1. The van der Waals surface area contributed by atoms with Gasteiger partial charge in [-0.2, -0.15) is 0 Å². The molecule has 13 heavy (non-hydrogen) atoms. The number of nitrogens with two attached hydrogens (primary N) is 1. The molecule has 0 aromatic carbocycles. The molecule has 4 heteroatoms. The largest absolute Gasteiger partial charge is 0.394 e. The van der Waals surface area contributed by atoms with Crippen molar-refractivity contribution in [3.05, 3.63) is 36.7 Å². The predicted molar refractivity (Wildman–Crippen MR) is 53.7 cm³/mol. The first kappa shape index (κ1) is 9.25. The van der Waals surface area contributed by atoms with Crippen molar-refractivity contribution >= 4 is 11.7 Å². The molecule has 0 aliphatic heterocycles. The van der Waals surface area contributed by atoms with Crippen LogP contribution < -0.4 is 11.1 Å². The number of nitrogens with one attached hydrogen (secondary N) is 1. The van der Waals surface area contributed by atoms with Gasteiger partial charge in [-0.25, -0.2) is 9.98 Å². The normalized spacial score (nSPS) is 11.9. The smallest absolute Gasteiger partial charge is 0.154 e. The fraction of sp³-hybridized carbons (Fsp3) is 0.111. The zero-order chi connectivity index (χ0) is 9.52. The van der Waals surface area contributed by atoms with Crippen molar-refractivity contribution in [1.29, 1.82) is 0 Å². The van der Waals surface area contributed by atoms with Crippen molar-refractivity contribution in [2.24, 2.45) is 10.7 Å². The minimum Gasteiger partial charge on any atom is -0.394 e. The maximum atomic E-state index is 5.57. The van der Waals surface area contributed by atoms with E-state index in [9.17, 15) is 0 Å². The lowest BCUT2D eigenvalue weighted by molar-refractivity contribution is 1.10. The Morgan fingerprint density at radius 2 is 2.46 bits per heavy atom. The van der Waals surface area contributed by atoms with Crippen molar-refractivity contribution in [3.8, 4) is 0 Å². The van der Waals surface area contributed by atoms with Gasteiger partial charge in [0.05, 0.1) is 0 Å². The molecular formula is C9H12N4. The minimum absolute atomic E-state index is 0.424. The Labute approximate surface area is 77.2 Å². The zero-order valence-corrected chi connectivity index (χ0v) is 7.44. The maximum absolute atomic E-state index is 5.57. The Hall–Kier alpha value is -1.84. The summed E-state index contributed by atoms with van der Waals surface area (Å²) < 4.78 is 0. The molecule has 1 aromatic rings. The van der Waals surface area contributed by atoms with Crippen molar-refractivity contribution in [2.45, 2.75) is 0 Å². The Morgan fingerprint density at radius 3 is 3.08 bits per heavy atom. The molecular weight excluding hydrogens is 164 g/mol. The first-order valence-electron chi connectivity index (χ1n) is 3.92. The van der Waals surface area contributed by atoms with Crippen molar-refractivity contribution < 1.29 is 0 Å². The monoisotopic (exact) mass is 176 g/mol. The Balaban J connectivity index is 2.71. The molecule has 1 rings (SSSR count). The van der Waals surface area contributed by atoms with Crippen LogP contribution in [0.2, 0.25) is 0 Å². The van der Waals surface area contributed by atoms with Crippen LogP contribution in [0.25, 0.3) is 0 Å². The second kappa shape index (κ2) is 4.92. The predicted octanol–water partition coefficient (Wildman–Crippen LogP) is 0.803. The summed E-state index contributed by atoms with van der Waals surface area (Å²) in [6.45, 7) is 0. The molecule has 68 valence electrons. The van der Waals surface area contributed by atoms with E-state index in [0.717, 1.165) is 0 Å². The van der Waals surface area contributed by atoms with Crippen LogP contribution in [-0.2, 0) is 0 Å². The summed E-state index contributed by atoms with van der Waals surface area (Å²) in [6.07, 6.45) is 5.06. The van der Waals surface area contributed by atoms with Gasteiger partial charge in [0, 0.05) is 13.2 Å². The highest BCUT2D eigenvalue weighted by Crippen LogP contribution is 2.03. The molecule has 0 fully saturated rings. The maximum Gasteiger partial charge on any atom is 0.154 e. The molecule has 0 aliphatic rings. The molecule has 3 N–H and O–H groups in total. The number of rotatable bonds is 3. The third-order valence-electron chi connectivity index (χ3n) is 1.31. The molecule has 0 saturated carbocycles. The second-order valence-corrected chi connectivity index (χ2v) is 2.35. The van der Waals surface area contributed by atoms with E-state index in [2.05, 4.69) is 15.3 Å². The number of hydrogen-bond acceptors (Lipinski definition) is 3. The summed E-state index contributed by atoms with van der Waals surface area (Å²) in [5, 5.41) is 2.82. The van der Waals surface area contributed by atoms with E-state index in [1.54, 1.807) is 31.6 Å². The lowest BCUT2D eigenvalue weighted by Gasteiger charge is -1.93. The van der Waals surface area contributed by atoms with E-state index in [1.807, 2.05) is 12.1 Å². The van der Waals surface area contributed by atoms with Crippen LogP contribution in [0.4, 0.5) is 5.82 Å². The number of aromatic nitrogens is 1. The number of hydrogen-bond donors (Lipinski definition) is 2. The quantitative estimate of drug-likeness (QED) is 0.529. The molecule has 0 spiro atoms. The van der Waals surface area contributed by atoms with E-state index >= 15 is 0 Å². The topological polar surface area (TPSA) is 63.3 Å². The lowest BCUT2D eigenvalue weighted by Crippen LogP contribution is -2.08. The Bertz CT molecular complexity index is 303. The number of nitrogens with zero attached hydrogens (tertiary/aromatic N) is 2. The van der Waals surface area contributed by atoms with E-state index < -0.39 is 0 Å². The van der Waals surface area contributed by atoms with Gasteiger partial charge in [0.1, 0.15) is 5.84 Å². The number of aliphatic imine (C=N–C) groups is 1. The molecule has 1 heterocycles. The van der Waals surface area contributed by atoms with E-state index in [0.29, 0.717) is 11.7 Å². The van der Waals surface area contributed by atoms with Crippen LogP contribution in [0.5, 0.6) is 0 Å². The van der Waals surface area contributed by atoms with Gasteiger partial charge in [-0.1, -0.05) is 6.07 Å². The molecule has 0 aliphatic carbocycles. The molecule has 4 nitrogen and oxygen atoms in total. The summed E-state index contributed by atoms with van der Waals surface area (Å²) in [6, 6.07) is 5.49. The van der Waals surface area contributed by atoms with Crippen LogP contribution in [0.15, 0.2) is 41.7 Å². The van der Waals surface area contributed by atoms with Gasteiger partial charge in [0.15, 0.2) is 5.82 Å². The van der Waals surface area contributed by atoms with Gasteiger partial charge < -0.3 is 11.1 Å². The van der Waals surface area contributed by atoms with Crippen molar-refractivity contribution in [3.63, 3.8) is 0 Å². The van der Waals surface area contributed by atoms with E-state index in [4.69, 9.17) is 5.73 Å². The van der Waals surface area contributed by atoms with Gasteiger partial charge in [0.2, 0.25) is 0 Å². The van der Waals surface area contributed by atoms with Crippen LogP contribution in [-0.4, -0.2) is 17.9 Å². The zero-order valence-electron chi connectivity index (χ0n) is 7.44. The fourth-order valence-electron chi connectivity index (χ4n) is 0.758. The summed E-state index contributed by atoms with van der Waals surface area (Å²) >= 11 is 0. The van der Waals surface area contributed by atoms with Crippen molar-refractivity contribution in [2.75, 3.05) is 7.05 Å². The number of pyridine rings is 1. The molecule has 0 saturated heterocycles. The van der Waals surface area contributed by atoms with E-state index in [-0.39, 0.29) is 0 Å². The summed E-state index contributed by atoms with van der Waals surface area (Å²) in [7, 11) is 1.80. The standard InChI is InChI=1S/C9H12N4/c1-11-7-5-8(10)13-9-4-2-3-6-12-9/h2-7,11H,1H3,(H2,10,12,13). The third kappa shape index (κ3) is 3.37. The van der Waals surface area contributed by atoms with Gasteiger partial charge in [-0.05, 0) is 24.4 Å². The van der Waals surface area contributed by atoms with Gasteiger partial charge in [-0.3, -0.25) is 0 Å². The molecule has 1 aromatic heterocycles. The van der Waals surface area contributed by atoms with Crippen LogP contribution in [0, 0.1) is 0 Å². The van der Waals surface area contributed by atoms with Crippen LogP contribution >= 0.6 is 0 Å². The number of amidine groups is 1. The fourth-order valence-corrected chi connectivity index (χ4v) is 0.758. The van der Waals surface area contributed by atoms with Crippen molar-refractivity contribution in [1.82, 2.24) is 10.3 Å². The summed E-state index contributed by atoms with van der Waals surface area (Å²) in [4.78, 5) is 8.06. The average molecular weight is 176 g/mol.